The fourth-order valence-corrected chi connectivity index (χ4v) is 7.24. The summed E-state index contributed by atoms with van der Waals surface area (Å²) in [7, 11) is -7.94. The molecule has 0 saturated carbocycles. The molecular weight excluding hydrogens is 578 g/mol. The highest BCUT2D eigenvalue weighted by molar-refractivity contribution is 9.10. The average molecular weight is 599 g/mol. The van der Waals surface area contributed by atoms with Crippen LogP contribution in [-0.4, -0.2) is 45.5 Å². The Morgan fingerprint density at radius 3 is 2.23 bits per heavy atom. The van der Waals surface area contributed by atoms with Crippen molar-refractivity contribution in [2.75, 3.05) is 11.4 Å². The molecule has 1 aliphatic heterocycles. The highest BCUT2D eigenvalue weighted by Crippen LogP contribution is 2.31. The van der Waals surface area contributed by atoms with Crippen molar-refractivity contribution in [2.24, 2.45) is 5.14 Å². The number of primary sulfonamides is 1. The molecular formula is C22H20BrN3O6S3. The minimum Gasteiger partial charge on any atom is -0.274 e. The number of thiophene rings is 1. The van der Waals surface area contributed by atoms with Crippen molar-refractivity contribution in [1.82, 2.24) is 4.31 Å². The molecule has 1 fully saturated rings. The molecule has 13 heteroatoms. The number of hydrogen-bond donors (Lipinski definition) is 1. The number of halogens is 1. The lowest BCUT2D eigenvalue weighted by atomic mass is 10.1. The van der Waals surface area contributed by atoms with Crippen LogP contribution in [0.25, 0.3) is 0 Å². The first-order valence-corrected chi connectivity index (χ1v) is 14.9. The molecule has 184 valence electrons. The molecule has 0 radical (unpaired) electrons. The van der Waals surface area contributed by atoms with E-state index in [-0.39, 0.29) is 28.5 Å². The summed E-state index contributed by atoms with van der Waals surface area (Å²) in [6.45, 7) is -0.0905. The summed E-state index contributed by atoms with van der Waals surface area (Å²) in [5.41, 5.74) is 1.00. The molecule has 1 aromatic heterocycles. The maximum absolute atomic E-state index is 13.5. The van der Waals surface area contributed by atoms with E-state index in [4.69, 9.17) is 5.14 Å². The van der Waals surface area contributed by atoms with E-state index in [1.165, 1.54) is 30.3 Å². The molecule has 0 spiro atoms. The van der Waals surface area contributed by atoms with Crippen LogP contribution in [0.4, 0.5) is 5.69 Å². The molecule has 1 aliphatic rings. The first-order chi connectivity index (χ1) is 16.5. The highest BCUT2D eigenvalue weighted by atomic mass is 79.9. The van der Waals surface area contributed by atoms with Crippen molar-refractivity contribution in [2.45, 2.75) is 28.0 Å². The average Bonchev–Trinajstić information content (AvgIpc) is 3.44. The summed E-state index contributed by atoms with van der Waals surface area (Å²) in [5, 5.41) is 6.75. The second-order valence-corrected chi connectivity index (χ2v) is 13.3. The van der Waals surface area contributed by atoms with E-state index in [0.717, 1.165) is 25.0 Å². The third-order valence-corrected chi connectivity index (χ3v) is 10.2. The summed E-state index contributed by atoms with van der Waals surface area (Å²) in [4.78, 5) is 27.1. The second-order valence-electron chi connectivity index (χ2n) is 7.75. The number of anilines is 1. The van der Waals surface area contributed by atoms with Gasteiger partial charge in [-0.3, -0.25) is 9.59 Å². The Labute approximate surface area is 215 Å². The van der Waals surface area contributed by atoms with Gasteiger partial charge in [-0.05, 0) is 59.8 Å². The minimum absolute atomic E-state index is 0.0596. The van der Waals surface area contributed by atoms with Crippen LogP contribution in [-0.2, 0) is 36.1 Å². The number of rotatable bonds is 8. The van der Waals surface area contributed by atoms with Crippen molar-refractivity contribution in [1.29, 1.82) is 0 Å². The van der Waals surface area contributed by atoms with Crippen molar-refractivity contribution < 1.29 is 26.4 Å². The van der Waals surface area contributed by atoms with Gasteiger partial charge in [0.05, 0.1) is 17.0 Å². The Hall–Kier alpha value is -2.42. The number of benzene rings is 2. The van der Waals surface area contributed by atoms with Crippen LogP contribution in [0.5, 0.6) is 0 Å². The number of amides is 2. The third-order valence-electron chi connectivity index (χ3n) is 5.49. The molecule has 0 bridgehead atoms. The van der Waals surface area contributed by atoms with E-state index in [0.29, 0.717) is 11.3 Å². The van der Waals surface area contributed by atoms with Crippen LogP contribution in [0.3, 0.4) is 0 Å². The number of sulfonamides is 2. The van der Waals surface area contributed by atoms with Crippen LogP contribution in [0.2, 0.25) is 0 Å². The molecule has 3 aromatic rings. The molecule has 2 N–H and O–H groups in total. The Kier molecular flexibility index (Phi) is 7.27. The Balaban J connectivity index is 1.64. The summed E-state index contributed by atoms with van der Waals surface area (Å²) in [6.07, 6.45) is -0.102. The van der Waals surface area contributed by atoms with Gasteiger partial charge in [-0.25, -0.2) is 26.9 Å². The van der Waals surface area contributed by atoms with Gasteiger partial charge in [0.2, 0.25) is 15.9 Å². The molecule has 2 heterocycles. The lowest BCUT2D eigenvalue weighted by molar-refractivity contribution is -0.122. The van der Waals surface area contributed by atoms with Gasteiger partial charge in [-0.15, -0.1) is 11.3 Å². The van der Waals surface area contributed by atoms with Crippen LogP contribution in [0.1, 0.15) is 12.0 Å². The zero-order valence-corrected chi connectivity index (χ0v) is 22.1. The second kappa shape index (κ2) is 9.91. The predicted molar refractivity (Wildman–Crippen MR) is 135 cm³/mol. The SMILES string of the molecule is NS(=O)(=O)c1ccc(CCN(C2CC(=O)N(c3ccc(Br)cc3)C2=O)S(=O)(=O)c2cccs2)cc1. The zero-order chi connectivity index (χ0) is 25.4. The number of hydrogen-bond acceptors (Lipinski definition) is 7. The number of carbonyl (C=O) groups is 2. The molecule has 9 nitrogen and oxygen atoms in total. The van der Waals surface area contributed by atoms with Gasteiger partial charge in [-0.1, -0.05) is 34.1 Å². The van der Waals surface area contributed by atoms with Crippen LogP contribution in [0.15, 0.2) is 79.6 Å². The topological polar surface area (TPSA) is 135 Å². The molecule has 35 heavy (non-hydrogen) atoms. The van der Waals surface area contributed by atoms with Gasteiger partial charge in [0.25, 0.3) is 15.9 Å². The molecule has 0 aliphatic carbocycles. The number of nitrogens with two attached hydrogens (primary N) is 1. The van der Waals surface area contributed by atoms with Crippen molar-refractivity contribution >= 4 is 64.8 Å². The van der Waals surface area contributed by atoms with Gasteiger partial charge in [0.1, 0.15) is 10.3 Å². The zero-order valence-electron chi connectivity index (χ0n) is 18.1. The minimum atomic E-state index is -4.08. The van der Waals surface area contributed by atoms with Crippen molar-refractivity contribution in [3.05, 3.63) is 76.1 Å². The normalized spacial score (nSPS) is 16.9. The lowest BCUT2D eigenvalue weighted by Gasteiger charge is -2.26. The van der Waals surface area contributed by atoms with E-state index < -0.39 is 37.9 Å². The Bertz CT molecular complexity index is 1460. The quantitative estimate of drug-likeness (QED) is 0.397. The third kappa shape index (κ3) is 5.39. The highest BCUT2D eigenvalue weighted by Gasteiger charge is 2.47. The Morgan fingerprint density at radius 2 is 1.66 bits per heavy atom. The summed E-state index contributed by atoms with van der Waals surface area (Å²) < 4.78 is 51.8. The fourth-order valence-electron chi connectivity index (χ4n) is 3.76. The smallest absolute Gasteiger partial charge is 0.253 e. The van der Waals surface area contributed by atoms with Gasteiger partial charge >= 0.3 is 0 Å². The van der Waals surface area contributed by atoms with Gasteiger partial charge in [-0.2, -0.15) is 4.31 Å². The summed E-state index contributed by atoms with van der Waals surface area (Å²) in [5.74, 6) is -1.12. The maximum Gasteiger partial charge on any atom is 0.253 e. The largest absolute Gasteiger partial charge is 0.274 e. The molecule has 1 atom stereocenters. The number of carbonyl (C=O) groups excluding carboxylic acids is 2. The van der Waals surface area contributed by atoms with E-state index in [9.17, 15) is 26.4 Å². The first kappa shape index (κ1) is 25.7. The number of nitrogens with zero attached hydrogens (tertiary/aromatic N) is 2. The molecule has 1 saturated heterocycles. The number of imide groups is 1. The van der Waals surface area contributed by atoms with E-state index >= 15 is 0 Å². The molecule has 2 aromatic carbocycles. The first-order valence-electron chi connectivity index (χ1n) is 10.3. The maximum atomic E-state index is 13.5. The van der Waals surface area contributed by atoms with Crippen molar-refractivity contribution in [3.8, 4) is 0 Å². The van der Waals surface area contributed by atoms with E-state index in [1.807, 2.05) is 0 Å². The molecule has 1 unspecified atom stereocenters. The monoisotopic (exact) mass is 597 g/mol. The lowest BCUT2D eigenvalue weighted by Crippen LogP contribution is -2.46. The van der Waals surface area contributed by atoms with Crippen LogP contribution in [0, 0.1) is 0 Å². The van der Waals surface area contributed by atoms with E-state index in [1.54, 1.807) is 35.7 Å². The van der Waals surface area contributed by atoms with Gasteiger partial charge < -0.3 is 0 Å². The molecule has 2 amide bonds. The molecule has 4 rings (SSSR count). The van der Waals surface area contributed by atoms with Gasteiger partial charge in [0.15, 0.2) is 0 Å². The van der Waals surface area contributed by atoms with Crippen LogP contribution >= 0.6 is 27.3 Å². The Morgan fingerprint density at radius 1 is 1.00 bits per heavy atom. The van der Waals surface area contributed by atoms with Gasteiger partial charge in [0, 0.05) is 11.0 Å². The fraction of sp³-hybridized carbons (Fsp3) is 0.182. The van der Waals surface area contributed by atoms with Crippen LogP contribution < -0.4 is 10.0 Å². The summed E-state index contributed by atoms with van der Waals surface area (Å²) in [6, 6.07) is 14.2. The van der Waals surface area contributed by atoms with E-state index in [2.05, 4.69) is 15.9 Å². The predicted octanol–water partition coefficient (Wildman–Crippen LogP) is 2.72. The standard InChI is InChI=1S/C22H20BrN3O6S3/c23-16-5-7-17(8-6-16)26-20(27)14-19(22(26)28)25(35(31,32)21-2-1-13-33-21)12-11-15-3-9-18(10-4-15)34(24,29)30/h1-10,13,19H,11-12,14H2,(H2,24,29,30). The van der Waals surface area contributed by atoms with Crippen molar-refractivity contribution in [3.63, 3.8) is 0 Å². The summed E-state index contributed by atoms with van der Waals surface area (Å²) >= 11 is 4.33.